The Morgan fingerprint density at radius 2 is 1.82 bits per heavy atom. The topological polar surface area (TPSA) is 190 Å². The van der Waals surface area contributed by atoms with Crippen LogP contribution in [0.1, 0.15) is 0 Å². The van der Waals surface area contributed by atoms with Crippen LogP contribution in [0.15, 0.2) is 4.99 Å². The summed E-state index contributed by atoms with van der Waals surface area (Å²) in [5, 5.41) is 64.3. The molecule has 4 bridgehead atoms. The molecule has 0 radical (unpaired) electrons. The van der Waals surface area contributed by atoms with Crippen LogP contribution in [-0.2, 0) is 9.47 Å². The van der Waals surface area contributed by atoms with Crippen LogP contribution in [-0.4, -0.2) is 91.0 Å². The normalized spacial score (nSPS) is 62.4. The van der Waals surface area contributed by atoms with Gasteiger partial charge in [0.15, 0.2) is 18.3 Å². The molecule has 5 rings (SSSR count). The molecule has 9 atom stereocenters. The van der Waals surface area contributed by atoms with Gasteiger partial charge in [-0.3, -0.25) is 0 Å². The number of hydrogen-bond acceptors (Lipinski definition) is 11. The second-order valence-corrected chi connectivity index (χ2v) is 6.22. The summed E-state index contributed by atoms with van der Waals surface area (Å²) in [5.74, 6) is -3.95. The van der Waals surface area contributed by atoms with Gasteiger partial charge in [0, 0.05) is 0 Å². The molecule has 22 heavy (non-hydrogen) atoms. The van der Waals surface area contributed by atoms with Crippen LogP contribution < -0.4 is 11.1 Å². The Morgan fingerprint density at radius 3 is 2.45 bits per heavy atom. The standard InChI is InChI=1S/C11H17N3O8/c12-8-13-6(17)2-4-9(19,1-15)5-3(16)10(2,14-8)7(18)11(20,21-4)22-5/h2-7,15-20H,1H2,(H3,12,13,14)/t2-,3+,4+,5-,6+,7+,9-,10+,11-/m0/s1. The molecule has 1 saturated carbocycles. The maximum absolute atomic E-state index is 10.6. The van der Waals surface area contributed by atoms with E-state index in [-0.39, 0.29) is 5.96 Å². The van der Waals surface area contributed by atoms with Crippen molar-refractivity contribution in [3.63, 3.8) is 0 Å². The van der Waals surface area contributed by atoms with E-state index in [2.05, 4.69) is 10.3 Å². The van der Waals surface area contributed by atoms with Crippen LogP contribution in [0.25, 0.3) is 0 Å². The summed E-state index contributed by atoms with van der Waals surface area (Å²) in [6.07, 6.45) is -7.77. The minimum absolute atomic E-state index is 0.250. The minimum Gasteiger partial charge on any atom is -0.393 e. The van der Waals surface area contributed by atoms with Crippen molar-refractivity contribution in [2.45, 2.75) is 47.8 Å². The quantitative estimate of drug-likeness (QED) is 0.231. The zero-order valence-electron chi connectivity index (χ0n) is 11.2. The van der Waals surface area contributed by atoms with Gasteiger partial charge in [0.1, 0.15) is 29.5 Å². The lowest BCUT2D eigenvalue weighted by Gasteiger charge is -2.71. The van der Waals surface area contributed by atoms with Gasteiger partial charge in [-0.15, -0.1) is 0 Å². The number of nitrogens with one attached hydrogen (secondary N) is 1. The van der Waals surface area contributed by atoms with Crippen molar-refractivity contribution in [3.8, 4) is 0 Å². The van der Waals surface area contributed by atoms with Gasteiger partial charge in [-0.25, -0.2) is 4.99 Å². The second kappa shape index (κ2) is 3.88. The number of aliphatic hydroxyl groups is 6. The lowest BCUT2D eigenvalue weighted by Crippen LogP contribution is -2.95. The lowest BCUT2D eigenvalue weighted by atomic mass is 9.55. The molecule has 0 unspecified atom stereocenters. The van der Waals surface area contributed by atoms with Gasteiger partial charge < -0.3 is 51.2 Å². The zero-order chi connectivity index (χ0) is 16.1. The summed E-state index contributed by atoms with van der Waals surface area (Å²) < 4.78 is 10.3. The van der Waals surface area contributed by atoms with E-state index in [1.165, 1.54) is 0 Å². The molecule has 0 aromatic carbocycles. The fourth-order valence-electron chi connectivity index (χ4n) is 4.24. The Hall–Kier alpha value is -1.05. The number of rotatable bonds is 1. The Kier molecular flexibility index (Phi) is 2.57. The summed E-state index contributed by atoms with van der Waals surface area (Å²) in [7, 11) is 0. The van der Waals surface area contributed by atoms with Crippen molar-refractivity contribution in [2.24, 2.45) is 16.6 Å². The van der Waals surface area contributed by atoms with Gasteiger partial charge in [-0.05, 0) is 0 Å². The first-order valence-corrected chi connectivity index (χ1v) is 6.77. The first kappa shape index (κ1) is 14.5. The highest BCUT2D eigenvalue weighted by molar-refractivity contribution is 5.80. The van der Waals surface area contributed by atoms with Gasteiger partial charge in [0.05, 0.1) is 12.5 Å². The predicted molar refractivity (Wildman–Crippen MR) is 65.7 cm³/mol. The van der Waals surface area contributed by atoms with Gasteiger partial charge in [0.25, 0.3) is 0 Å². The first-order valence-electron chi connectivity index (χ1n) is 6.77. The maximum atomic E-state index is 10.6. The Morgan fingerprint density at radius 1 is 1.18 bits per heavy atom. The summed E-state index contributed by atoms with van der Waals surface area (Å²) in [5.41, 5.74) is 1.74. The number of nitrogens with two attached hydrogens (primary N) is 1. The number of ether oxygens (including phenoxy) is 2. The molecule has 4 fully saturated rings. The summed E-state index contributed by atoms with van der Waals surface area (Å²) in [6, 6.07) is 0. The molecule has 4 heterocycles. The Balaban J connectivity index is 1.95. The predicted octanol–water partition coefficient (Wildman–Crippen LogP) is -5.52. The SMILES string of the molecule is NC1=N[C@H](O)[C@@H]2[C@H]3O[C@]4(O)O[C@@H]([C@@H](O)[C@@]2(N1)[C@H]4O)[C@]3(O)CO. The first-order chi connectivity index (χ1) is 10.2. The van der Waals surface area contributed by atoms with Crippen molar-refractivity contribution in [2.75, 3.05) is 6.61 Å². The molecule has 124 valence electrons. The van der Waals surface area contributed by atoms with E-state index in [4.69, 9.17) is 15.2 Å². The average molecular weight is 319 g/mol. The molecule has 1 spiro atoms. The highest BCUT2D eigenvalue weighted by Crippen LogP contribution is 2.58. The smallest absolute Gasteiger partial charge is 0.311 e. The van der Waals surface area contributed by atoms with E-state index in [1.54, 1.807) is 0 Å². The Bertz CT molecular complexity index is 561. The van der Waals surface area contributed by atoms with Crippen LogP contribution in [0.2, 0.25) is 0 Å². The van der Waals surface area contributed by atoms with Crippen LogP contribution in [0, 0.1) is 5.92 Å². The third-order valence-corrected chi connectivity index (χ3v) is 5.22. The van der Waals surface area contributed by atoms with Gasteiger partial charge in [0.2, 0.25) is 0 Å². The van der Waals surface area contributed by atoms with E-state index in [9.17, 15) is 30.6 Å². The fourth-order valence-corrected chi connectivity index (χ4v) is 4.24. The molecule has 11 heteroatoms. The van der Waals surface area contributed by atoms with Crippen molar-refractivity contribution >= 4 is 5.96 Å². The Labute approximate surface area is 123 Å². The van der Waals surface area contributed by atoms with Crippen LogP contribution in [0.4, 0.5) is 0 Å². The van der Waals surface area contributed by atoms with Crippen LogP contribution >= 0.6 is 0 Å². The number of nitrogens with zero attached hydrogens (tertiary/aromatic N) is 1. The summed E-state index contributed by atoms with van der Waals surface area (Å²) >= 11 is 0. The van der Waals surface area contributed by atoms with E-state index < -0.39 is 60.3 Å². The molecular weight excluding hydrogens is 302 g/mol. The lowest BCUT2D eigenvalue weighted by molar-refractivity contribution is -0.548. The molecule has 4 aliphatic heterocycles. The molecule has 11 nitrogen and oxygen atoms in total. The number of hydrogen-bond donors (Lipinski definition) is 8. The molecule has 3 saturated heterocycles. The molecule has 0 aromatic rings. The largest absolute Gasteiger partial charge is 0.393 e. The third-order valence-electron chi connectivity index (χ3n) is 5.22. The van der Waals surface area contributed by atoms with E-state index in [1.807, 2.05) is 0 Å². The number of guanidine groups is 1. The summed E-state index contributed by atoms with van der Waals surface area (Å²) in [4.78, 5) is 3.70. The van der Waals surface area contributed by atoms with E-state index in [0.717, 1.165) is 0 Å². The minimum atomic E-state index is -2.52. The van der Waals surface area contributed by atoms with Gasteiger partial charge >= 0.3 is 5.97 Å². The van der Waals surface area contributed by atoms with Crippen molar-refractivity contribution in [1.82, 2.24) is 5.32 Å². The fraction of sp³-hybridized carbons (Fsp3) is 0.909. The molecule has 9 N–H and O–H groups in total. The molecule has 0 amide bonds. The monoisotopic (exact) mass is 319 g/mol. The van der Waals surface area contributed by atoms with E-state index >= 15 is 0 Å². The summed E-state index contributed by atoms with van der Waals surface area (Å²) in [6.45, 7) is -0.857. The molecule has 5 aliphatic rings. The number of aliphatic imine (C=N–C) groups is 1. The zero-order valence-corrected chi connectivity index (χ0v) is 11.2. The number of aliphatic hydroxyl groups excluding tert-OH is 4. The maximum Gasteiger partial charge on any atom is 0.311 e. The molecular formula is C11H17N3O8. The van der Waals surface area contributed by atoms with Crippen molar-refractivity contribution in [3.05, 3.63) is 0 Å². The van der Waals surface area contributed by atoms with Gasteiger partial charge in [-0.2, -0.15) is 0 Å². The molecule has 1 aliphatic carbocycles. The van der Waals surface area contributed by atoms with E-state index in [0.29, 0.717) is 0 Å². The van der Waals surface area contributed by atoms with Crippen molar-refractivity contribution < 1.29 is 40.1 Å². The molecule has 0 aromatic heterocycles. The van der Waals surface area contributed by atoms with Crippen LogP contribution in [0.5, 0.6) is 0 Å². The van der Waals surface area contributed by atoms with Crippen LogP contribution in [0.3, 0.4) is 0 Å². The highest BCUT2D eigenvalue weighted by atomic mass is 16.9. The van der Waals surface area contributed by atoms with Crippen molar-refractivity contribution in [1.29, 1.82) is 0 Å². The second-order valence-electron chi connectivity index (χ2n) is 6.22. The average Bonchev–Trinajstić information content (AvgIpc) is 2.45. The third kappa shape index (κ3) is 1.28. The highest BCUT2D eigenvalue weighted by Gasteiger charge is 2.82. The van der Waals surface area contributed by atoms with Gasteiger partial charge in [-0.1, -0.05) is 0 Å².